The first-order chi connectivity index (χ1) is 9.54. The van der Waals surface area contributed by atoms with Gasteiger partial charge in [0.1, 0.15) is 0 Å². The molecule has 0 bridgehead atoms. The fourth-order valence-corrected chi connectivity index (χ4v) is 1.38. The topological polar surface area (TPSA) is 106 Å². The number of amides is 1. The predicted octanol–water partition coefficient (Wildman–Crippen LogP) is 0.350. The van der Waals surface area contributed by atoms with Gasteiger partial charge in [-0.2, -0.15) is 0 Å². The average molecular weight is 298 g/mol. The van der Waals surface area contributed by atoms with Crippen LogP contribution in [-0.2, 0) is 4.74 Å². The Balaban J connectivity index is 2.42. The molecule has 8 nitrogen and oxygen atoms in total. The molecule has 1 aromatic rings. The SMILES string of the molecule is COCCNC(=S)NNC(=O)c1ccc([N+](=O)[O-])cc1. The monoisotopic (exact) mass is 298 g/mol. The molecule has 0 aliphatic heterocycles. The Hall–Kier alpha value is -2.26. The van der Waals surface area contributed by atoms with Crippen LogP contribution in [0.25, 0.3) is 0 Å². The third kappa shape index (κ3) is 5.16. The number of nitro groups is 1. The molecule has 0 saturated heterocycles. The molecule has 1 amide bonds. The summed E-state index contributed by atoms with van der Waals surface area (Å²) in [5, 5.41) is 13.5. The number of hydrogen-bond acceptors (Lipinski definition) is 5. The van der Waals surface area contributed by atoms with E-state index in [0.29, 0.717) is 13.2 Å². The summed E-state index contributed by atoms with van der Waals surface area (Å²) < 4.78 is 4.83. The van der Waals surface area contributed by atoms with Gasteiger partial charge in [-0.25, -0.2) is 0 Å². The lowest BCUT2D eigenvalue weighted by Gasteiger charge is -2.11. The second-order valence-electron chi connectivity index (χ2n) is 3.63. The second kappa shape index (κ2) is 8.02. The van der Waals surface area contributed by atoms with Gasteiger partial charge in [0.05, 0.1) is 11.5 Å². The van der Waals surface area contributed by atoms with Crippen molar-refractivity contribution in [1.29, 1.82) is 0 Å². The van der Waals surface area contributed by atoms with E-state index in [-0.39, 0.29) is 16.4 Å². The molecule has 0 radical (unpaired) electrons. The van der Waals surface area contributed by atoms with Crippen molar-refractivity contribution in [3.63, 3.8) is 0 Å². The normalized spacial score (nSPS) is 9.65. The summed E-state index contributed by atoms with van der Waals surface area (Å²) in [4.78, 5) is 21.7. The smallest absolute Gasteiger partial charge is 0.269 e. The zero-order valence-electron chi connectivity index (χ0n) is 10.7. The van der Waals surface area contributed by atoms with Crippen molar-refractivity contribution in [2.24, 2.45) is 0 Å². The van der Waals surface area contributed by atoms with Crippen LogP contribution in [-0.4, -0.2) is 36.2 Å². The highest BCUT2D eigenvalue weighted by molar-refractivity contribution is 7.80. The molecule has 0 aromatic heterocycles. The quantitative estimate of drug-likeness (QED) is 0.312. The van der Waals surface area contributed by atoms with E-state index >= 15 is 0 Å². The summed E-state index contributed by atoms with van der Waals surface area (Å²) in [7, 11) is 1.56. The Morgan fingerprint density at radius 1 is 1.35 bits per heavy atom. The molecule has 0 saturated carbocycles. The summed E-state index contributed by atoms with van der Waals surface area (Å²) in [6.45, 7) is 0.994. The Kier molecular flexibility index (Phi) is 6.33. The second-order valence-corrected chi connectivity index (χ2v) is 4.04. The molecule has 1 rings (SSSR count). The molecular formula is C11H14N4O4S. The molecule has 0 unspecified atom stereocenters. The summed E-state index contributed by atoms with van der Waals surface area (Å²) in [6.07, 6.45) is 0. The number of ether oxygens (including phenoxy) is 1. The van der Waals surface area contributed by atoms with Gasteiger partial charge in [-0.3, -0.25) is 25.8 Å². The third-order valence-electron chi connectivity index (χ3n) is 2.22. The van der Waals surface area contributed by atoms with E-state index in [1.165, 1.54) is 24.3 Å². The van der Waals surface area contributed by atoms with Crippen LogP contribution in [0, 0.1) is 10.1 Å². The van der Waals surface area contributed by atoms with Crippen molar-refractivity contribution in [2.75, 3.05) is 20.3 Å². The molecule has 0 spiro atoms. The maximum atomic E-state index is 11.7. The number of benzene rings is 1. The number of thiocarbonyl (C=S) groups is 1. The van der Waals surface area contributed by atoms with Gasteiger partial charge in [0, 0.05) is 31.4 Å². The highest BCUT2D eigenvalue weighted by atomic mass is 32.1. The zero-order chi connectivity index (χ0) is 15.0. The Morgan fingerprint density at radius 3 is 2.55 bits per heavy atom. The first-order valence-corrected chi connectivity index (χ1v) is 6.03. The third-order valence-corrected chi connectivity index (χ3v) is 2.47. The van der Waals surface area contributed by atoms with E-state index in [1.54, 1.807) is 7.11 Å². The minimum absolute atomic E-state index is 0.0775. The first kappa shape index (κ1) is 15.8. The van der Waals surface area contributed by atoms with E-state index in [9.17, 15) is 14.9 Å². The maximum absolute atomic E-state index is 11.7. The van der Waals surface area contributed by atoms with Crippen LogP contribution in [0.4, 0.5) is 5.69 Å². The van der Waals surface area contributed by atoms with Gasteiger partial charge >= 0.3 is 0 Å². The van der Waals surface area contributed by atoms with E-state index in [0.717, 1.165) is 0 Å². The molecule has 108 valence electrons. The van der Waals surface area contributed by atoms with Crippen molar-refractivity contribution in [1.82, 2.24) is 16.2 Å². The maximum Gasteiger partial charge on any atom is 0.269 e. The number of methoxy groups -OCH3 is 1. The minimum atomic E-state index is -0.533. The summed E-state index contributed by atoms with van der Waals surface area (Å²) >= 11 is 4.91. The van der Waals surface area contributed by atoms with Gasteiger partial charge in [0.25, 0.3) is 11.6 Å². The van der Waals surface area contributed by atoms with E-state index < -0.39 is 10.8 Å². The number of nitrogens with one attached hydrogen (secondary N) is 3. The largest absolute Gasteiger partial charge is 0.383 e. The summed E-state index contributed by atoms with van der Waals surface area (Å²) in [5.74, 6) is -0.448. The molecule has 0 aliphatic rings. The van der Waals surface area contributed by atoms with Crippen LogP contribution in [0.2, 0.25) is 0 Å². The molecular weight excluding hydrogens is 284 g/mol. The van der Waals surface area contributed by atoms with Crippen LogP contribution in [0.3, 0.4) is 0 Å². The van der Waals surface area contributed by atoms with E-state index in [1.807, 2.05) is 0 Å². The predicted molar refractivity (Wildman–Crippen MR) is 76.2 cm³/mol. The Bertz CT molecular complexity index is 492. The van der Waals surface area contributed by atoms with Crippen molar-refractivity contribution < 1.29 is 14.5 Å². The van der Waals surface area contributed by atoms with Crippen LogP contribution in [0.15, 0.2) is 24.3 Å². The van der Waals surface area contributed by atoms with Crippen LogP contribution in [0.5, 0.6) is 0 Å². The number of carbonyl (C=O) groups excluding carboxylic acids is 1. The van der Waals surface area contributed by atoms with Crippen molar-refractivity contribution in [2.45, 2.75) is 0 Å². The first-order valence-electron chi connectivity index (χ1n) is 5.62. The van der Waals surface area contributed by atoms with Crippen molar-refractivity contribution >= 4 is 28.9 Å². The fourth-order valence-electron chi connectivity index (χ4n) is 1.23. The molecule has 0 aliphatic carbocycles. The lowest BCUT2D eigenvalue weighted by Crippen LogP contribution is -2.47. The summed E-state index contributed by atoms with van der Waals surface area (Å²) in [5.41, 5.74) is 5.08. The van der Waals surface area contributed by atoms with Crippen LogP contribution >= 0.6 is 12.2 Å². The number of nitrogens with zero attached hydrogens (tertiary/aromatic N) is 1. The zero-order valence-corrected chi connectivity index (χ0v) is 11.5. The number of non-ortho nitro benzene ring substituents is 1. The van der Waals surface area contributed by atoms with Gasteiger partial charge in [-0.15, -0.1) is 0 Å². The summed E-state index contributed by atoms with van der Waals surface area (Å²) in [6, 6.07) is 5.22. The van der Waals surface area contributed by atoms with E-state index in [2.05, 4.69) is 16.2 Å². The van der Waals surface area contributed by atoms with Gasteiger partial charge in [0.15, 0.2) is 5.11 Å². The van der Waals surface area contributed by atoms with E-state index in [4.69, 9.17) is 17.0 Å². The molecule has 3 N–H and O–H groups in total. The minimum Gasteiger partial charge on any atom is -0.383 e. The van der Waals surface area contributed by atoms with Gasteiger partial charge in [-0.05, 0) is 24.4 Å². The fraction of sp³-hybridized carbons (Fsp3) is 0.273. The molecule has 1 aromatic carbocycles. The number of hydrogen-bond donors (Lipinski definition) is 3. The van der Waals surface area contributed by atoms with Crippen LogP contribution < -0.4 is 16.2 Å². The molecule has 9 heteroatoms. The average Bonchev–Trinajstić information content (AvgIpc) is 2.45. The van der Waals surface area contributed by atoms with Crippen molar-refractivity contribution in [3.05, 3.63) is 39.9 Å². The van der Waals surface area contributed by atoms with Gasteiger partial charge in [0.2, 0.25) is 0 Å². The number of nitro benzene ring substituents is 1. The number of carbonyl (C=O) groups is 1. The molecule has 20 heavy (non-hydrogen) atoms. The highest BCUT2D eigenvalue weighted by Crippen LogP contribution is 2.11. The number of hydrazine groups is 1. The van der Waals surface area contributed by atoms with Crippen LogP contribution in [0.1, 0.15) is 10.4 Å². The number of rotatable bonds is 5. The lowest BCUT2D eigenvalue weighted by molar-refractivity contribution is -0.384. The standard InChI is InChI=1S/C11H14N4O4S/c1-19-7-6-12-11(20)14-13-10(16)8-2-4-9(5-3-8)15(17)18/h2-5H,6-7H2,1H3,(H,13,16)(H2,12,14,20). The lowest BCUT2D eigenvalue weighted by atomic mass is 10.2. The molecule has 0 atom stereocenters. The van der Waals surface area contributed by atoms with Crippen molar-refractivity contribution in [3.8, 4) is 0 Å². The Labute approximate surface area is 120 Å². The van der Waals surface area contributed by atoms with Gasteiger partial charge < -0.3 is 10.1 Å². The molecule has 0 heterocycles. The highest BCUT2D eigenvalue weighted by Gasteiger charge is 2.09. The molecule has 0 fully saturated rings. The Morgan fingerprint density at radius 2 is 2.00 bits per heavy atom. The van der Waals surface area contributed by atoms with Gasteiger partial charge in [-0.1, -0.05) is 0 Å².